The van der Waals surface area contributed by atoms with E-state index in [0.717, 1.165) is 5.56 Å². The van der Waals surface area contributed by atoms with E-state index in [9.17, 15) is 9.59 Å². The van der Waals surface area contributed by atoms with Gasteiger partial charge in [0.25, 0.3) is 11.8 Å². The molecule has 126 valence electrons. The van der Waals surface area contributed by atoms with Gasteiger partial charge in [0.05, 0.1) is 11.7 Å². The highest BCUT2D eigenvalue weighted by molar-refractivity contribution is 5.98. The lowest BCUT2D eigenvalue weighted by molar-refractivity contribution is -0.122. The van der Waals surface area contributed by atoms with Gasteiger partial charge in [-0.3, -0.25) is 19.7 Å². The predicted octanol–water partition coefficient (Wildman–Crippen LogP) is 2.41. The molecule has 0 aliphatic carbocycles. The van der Waals surface area contributed by atoms with Gasteiger partial charge in [-0.25, -0.2) is 5.01 Å². The molecule has 0 unspecified atom stereocenters. The Morgan fingerprint density at radius 2 is 1.88 bits per heavy atom. The predicted molar refractivity (Wildman–Crippen MR) is 92.7 cm³/mol. The number of nitrogens with one attached hydrogen (secondary N) is 1. The Kier molecular flexibility index (Phi) is 5.18. The monoisotopic (exact) mass is 326 g/mol. The van der Waals surface area contributed by atoms with Gasteiger partial charge in [-0.2, -0.15) is 5.10 Å². The highest BCUT2D eigenvalue weighted by Crippen LogP contribution is 2.15. The van der Waals surface area contributed by atoms with Gasteiger partial charge in [0.15, 0.2) is 0 Å². The third-order valence-corrected chi connectivity index (χ3v) is 3.27. The van der Waals surface area contributed by atoms with Crippen LogP contribution in [0, 0.1) is 0 Å². The summed E-state index contributed by atoms with van der Waals surface area (Å²) < 4.78 is 1.65. The van der Waals surface area contributed by atoms with E-state index >= 15 is 0 Å². The van der Waals surface area contributed by atoms with Crippen molar-refractivity contribution in [2.45, 2.75) is 26.3 Å². The van der Waals surface area contributed by atoms with E-state index in [0.29, 0.717) is 5.56 Å². The van der Waals surface area contributed by atoms with Crippen molar-refractivity contribution >= 4 is 17.9 Å². The minimum Gasteiger partial charge on any atom is -0.275 e. The molecule has 24 heavy (non-hydrogen) atoms. The van der Waals surface area contributed by atoms with Crippen LogP contribution < -0.4 is 5.43 Å². The van der Waals surface area contributed by atoms with Gasteiger partial charge in [0, 0.05) is 30.4 Å². The van der Waals surface area contributed by atoms with Gasteiger partial charge in [-0.1, -0.05) is 18.2 Å². The second-order valence-electron chi connectivity index (χ2n) is 6.43. The van der Waals surface area contributed by atoms with E-state index in [1.165, 1.54) is 11.1 Å². The molecule has 0 fully saturated rings. The molecule has 0 radical (unpaired) electrons. The number of hydrogen-bond donors (Lipinski definition) is 1. The number of nitrogens with zero attached hydrogens (tertiary/aromatic N) is 3. The third kappa shape index (κ3) is 4.55. The summed E-state index contributed by atoms with van der Waals surface area (Å²) in [5.41, 5.74) is 3.43. The van der Waals surface area contributed by atoms with Crippen LogP contribution >= 0.6 is 0 Å². The van der Waals surface area contributed by atoms with Crippen molar-refractivity contribution in [2.24, 2.45) is 7.05 Å². The second kappa shape index (κ2) is 7.12. The quantitative estimate of drug-likeness (QED) is 0.696. The molecule has 2 rings (SSSR count). The molecule has 1 N–H and O–H groups in total. The highest BCUT2D eigenvalue weighted by Gasteiger charge is 2.28. The standard InChI is InChI=1S/C18H22N4O2/c1-18(2,3)22(17(24)15-8-6-5-7-9-15)20-16(23)11-10-14-12-19-21(4)13-14/h5-13H,1-4H3,(H,20,23)/b11-10+. The maximum Gasteiger partial charge on any atom is 0.272 e. The van der Waals surface area contributed by atoms with Crippen molar-refractivity contribution in [3.8, 4) is 0 Å². The molecule has 1 aromatic heterocycles. The SMILES string of the molecule is Cn1cc(/C=C/C(=O)NN(C(=O)c2ccccc2)C(C)(C)C)cn1. The van der Waals surface area contributed by atoms with Crippen molar-refractivity contribution in [3.05, 3.63) is 59.9 Å². The highest BCUT2D eigenvalue weighted by atomic mass is 16.2. The summed E-state index contributed by atoms with van der Waals surface area (Å²) in [6, 6.07) is 8.86. The van der Waals surface area contributed by atoms with Crippen LogP contribution in [0.1, 0.15) is 36.7 Å². The van der Waals surface area contributed by atoms with E-state index in [1.807, 2.05) is 26.8 Å². The number of aromatic nitrogens is 2. The zero-order chi connectivity index (χ0) is 17.7. The average Bonchev–Trinajstić information content (AvgIpc) is 2.95. The first-order valence-electron chi connectivity index (χ1n) is 7.64. The molecule has 2 amide bonds. The number of carbonyl (C=O) groups excluding carboxylic acids is 2. The zero-order valence-corrected chi connectivity index (χ0v) is 14.4. The lowest BCUT2D eigenvalue weighted by Gasteiger charge is -2.35. The maximum absolute atomic E-state index is 12.7. The smallest absolute Gasteiger partial charge is 0.272 e. The fraction of sp³-hybridized carbons (Fsp3) is 0.278. The van der Waals surface area contributed by atoms with E-state index in [2.05, 4.69) is 10.5 Å². The van der Waals surface area contributed by atoms with E-state index in [4.69, 9.17) is 0 Å². The van der Waals surface area contributed by atoms with Gasteiger partial charge in [-0.15, -0.1) is 0 Å². The number of hydrogen-bond acceptors (Lipinski definition) is 3. The van der Waals surface area contributed by atoms with E-state index < -0.39 is 5.54 Å². The van der Waals surface area contributed by atoms with Crippen LogP contribution in [0.3, 0.4) is 0 Å². The van der Waals surface area contributed by atoms with Crippen LogP contribution in [0.15, 0.2) is 48.8 Å². The molecule has 1 aromatic carbocycles. The van der Waals surface area contributed by atoms with Crippen molar-refractivity contribution in [1.29, 1.82) is 0 Å². The number of hydrazine groups is 1. The molecule has 0 bridgehead atoms. The summed E-state index contributed by atoms with van der Waals surface area (Å²) in [7, 11) is 1.80. The van der Waals surface area contributed by atoms with Gasteiger partial charge in [-0.05, 0) is 39.0 Å². The maximum atomic E-state index is 12.7. The van der Waals surface area contributed by atoms with Gasteiger partial charge in [0.2, 0.25) is 0 Å². The Bertz CT molecular complexity index is 742. The van der Waals surface area contributed by atoms with Crippen LogP contribution in [0.4, 0.5) is 0 Å². The minimum atomic E-state index is -0.565. The number of rotatable bonds is 3. The Morgan fingerprint density at radius 1 is 1.21 bits per heavy atom. The molecule has 6 nitrogen and oxygen atoms in total. The fourth-order valence-electron chi connectivity index (χ4n) is 2.08. The lowest BCUT2D eigenvalue weighted by Crippen LogP contribution is -2.55. The first-order valence-corrected chi connectivity index (χ1v) is 7.64. The van der Waals surface area contributed by atoms with Crippen molar-refractivity contribution < 1.29 is 9.59 Å². The minimum absolute atomic E-state index is 0.258. The Labute approximate surface area is 141 Å². The molecule has 1 heterocycles. The number of carbonyl (C=O) groups is 2. The van der Waals surface area contributed by atoms with Gasteiger partial charge >= 0.3 is 0 Å². The second-order valence-corrected chi connectivity index (χ2v) is 6.43. The summed E-state index contributed by atoms with van der Waals surface area (Å²) in [6.07, 6.45) is 6.48. The fourth-order valence-corrected chi connectivity index (χ4v) is 2.08. The molecule has 0 spiro atoms. The number of benzene rings is 1. The topological polar surface area (TPSA) is 67.2 Å². The van der Waals surface area contributed by atoms with Crippen LogP contribution in [-0.4, -0.2) is 32.1 Å². The summed E-state index contributed by atoms with van der Waals surface area (Å²) in [4.78, 5) is 24.9. The molecule has 2 aromatic rings. The normalized spacial score (nSPS) is 11.5. The average molecular weight is 326 g/mol. The molecule has 0 aliphatic rings. The van der Waals surface area contributed by atoms with E-state index in [-0.39, 0.29) is 11.8 Å². The van der Waals surface area contributed by atoms with E-state index in [1.54, 1.807) is 54.5 Å². The molecule has 6 heteroatoms. The Hall–Kier alpha value is -2.89. The number of amides is 2. The van der Waals surface area contributed by atoms with Crippen molar-refractivity contribution in [3.63, 3.8) is 0 Å². The number of aryl methyl sites for hydroxylation is 1. The van der Waals surface area contributed by atoms with Gasteiger partial charge in [0.1, 0.15) is 0 Å². The Morgan fingerprint density at radius 3 is 2.42 bits per heavy atom. The summed E-state index contributed by atoms with van der Waals surface area (Å²) in [5, 5.41) is 5.38. The molecular weight excluding hydrogens is 304 g/mol. The molecular formula is C18H22N4O2. The van der Waals surface area contributed by atoms with Crippen LogP contribution in [0.5, 0.6) is 0 Å². The molecule has 0 aliphatic heterocycles. The molecule has 0 atom stereocenters. The van der Waals surface area contributed by atoms with Crippen molar-refractivity contribution in [1.82, 2.24) is 20.2 Å². The lowest BCUT2D eigenvalue weighted by atomic mass is 10.1. The van der Waals surface area contributed by atoms with Crippen LogP contribution in [0.25, 0.3) is 6.08 Å². The first-order chi connectivity index (χ1) is 11.3. The van der Waals surface area contributed by atoms with Crippen molar-refractivity contribution in [2.75, 3.05) is 0 Å². The molecule has 0 saturated heterocycles. The molecule has 0 saturated carbocycles. The van der Waals surface area contributed by atoms with Crippen LogP contribution in [0.2, 0.25) is 0 Å². The first kappa shape index (κ1) is 17.5. The Balaban J connectivity index is 2.13. The summed E-state index contributed by atoms with van der Waals surface area (Å²) in [6.45, 7) is 5.58. The third-order valence-electron chi connectivity index (χ3n) is 3.27. The van der Waals surface area contributed by atoms with Crippen LogP contribution in [-0.2, 0) is 11.8 Å². The van der Waals surface area contributed by atoms with Gasteiger partial charge < -0.3 is 0 Å². The summed E-state index contributed by atoms with van der Waals surface area (Å²) in [5.74, 6) is -0.635. The largest absolute Gasteiger partial charge is 0.275 e. The summed E-state index contributed by atoms with van der Waals surface area (Å²) >= 11 is 0. The zero-order valence-electron chi connectivity index (χ0n) is 14.4.